The van der Waals surface area contributed by atoms with Gasteiger partial charge in [0, 0.05) is 17.5 Å². The summed E-state index contributed by atoms with van der Waals surface area (Å²) in [7, 11) is 1.77. The van der Waals surface area contributed by atoms with Gasteiger partial charge in [0.1, 0.15) is 0 Å². The molecule has 0 spiro atoms. The minimum absolute atomic E-state index is 0.173. The van der Waals surface area contributed by atoms with E-state index in [1.807, 2.05) is 12.1 Å². The molecular weight excluding hydrogens is 262 g/mol. The highest BCUT2D eigenvalue weighted by Gasteiger charge is 2.16. The Balaban J connectivity index is 2.23. The molecule has 102 valence electrons. The summed E-state index contributed by atoms with van der Waals surface area (Å²) in [5.74, 6) is 0.739. The average molecular weight is 280 g/mol. The zero-order valence-electron chi connectivity index (χ0n) is 11.4. The molecule has 19 heavy (non-hydrogen) atoms. The molecule has 1 atom stereocenters. The lowest BCUT2D eigenvalue weighted by molar-refractivity contribution is 0.532. The summed E-state index contributed by atoms with van der Waals surface area (Å²) in [6, 6.07) is 6.12. The van der Waals surface area contributed by atoms with Crippen LogP contribution in [0.1, 0.15) is 29.9 Å². The Morgan fingerprint density at radius 2 is 2.21 bits per heavy atom. The first-order chi connectivity index (χ1) is 9.10. The highest BCUT2D eigenvalue weighted by Crippen LogP contribution is 2.23. The van der Waals surface area contributed by atoms with E-state index in [9.17, 15) is 0 Å². The minimum Gasteiger partial charge on any atom is -0.310 e. The van der Waals surface area contributed by atoms with Crippen molar-refractivity contribution in [1.82, 2.24) is 25.5 Å². The Hall–Kier alpha value is -1.46. The maximum Gasteiger partial charge on any atom is 0.176 e. The lowest BCUT2D eigenvalue weighted by Crippen LogP contribution is -2.24. The topological polar surface area (TPSA) is 55.6 Å². The van der Waals surface area contributed by atoms with Crippen molar-refractivity contribution in [1.29, 1.82) is 0 Å². The molecule has 1 aromatic heterocycles. The number of hydrogen-bond acceptors (Lipinski definition) is 4. The maximum atomic E-state index is 6.00. The second-order valence-electron chi connectivity index (χ2n) is 4.51. The van der Waals surface area contributed by atoms with Crippen LogP contribution in [0.2, 0.25) is 5.02 Å². The first kappa shape index (κ1) is 14.0. The van der Waals surface area contributed by atoms with E-state index in [1.54, 1.807) is 7.05 Å². The largest absolute Gasteiger partial charge is 0.310 e. The van der Waals surface area contributed by atoms with Crippen LogP contribution in [0.3, 0.4) is 0 Å². The number of hydrogen-bond donors (Lipinski definition) is 1. The van der Waals surface area contributed by atoms with Crippen LogP contribution in [0.25, 0.3) is 0 Å². The molecule has 0 saturated carbocycles. The zero-order chi connectivity index (χ0) is 13.8. The summed E-state index contributed by atoms with van der Waals surface area (Å²) in [6.07, 6.45) is 0.712. The van der Waals surface area contributed by atoms with E-state index < -0.39 is 0 Å². The van der Waals surface area contributed by atoms with Gasteiger partial charge in [-0.15, -0.1) is 10.2 Å². The molecule has 0 aliphatic carbocycles. The van der Waals surface area contributed by atoms with Crippen LogP contribution < -0.4 is 5.32 Å². The van der Waals surface area contributed by atoms with E-state index in [0.29, 0.717) is 6.42 Å². The summed E-state index contributed by atoms with van der Waals surface area (Å²) < 4.78 is 0. The number of aryl methyl sites for hydroxylation is 2. The third-order valence-electron chi connectivity index (χ3n) is 2.99. The Bertz CT molecular complexity index is 552. The van der Waals surface area contributed by atoms with Gasteiger partial charge in [-0.05, 0) is 41.9 Å². The van der Waals surface area contributed by atoms with Crippen molar-refractivity contribution in [3.05, 3.63) is 40.2 Å². The van der Waals surface area contributed by atoms with Gasteiger partial charge in [0.15, 0.2) is 5.82 Å². The molecule has 0 bridgehead atoms. The minimum atomic E-state index is 0.173. The van der Waals surface area contributed by atoms with Gasteiger partial charge in [-0.1, -0.05) is 24.6 Å². The molecule has 1 unspecified atom stereocenters. The molecule has 2 rings (SSSR count). The molecule has 1 N–H and O–H groups in total. The molecule has 0 saturated heterocycles. The Labute approximate surface area is 118 Å². The molecule has 1 aromatic carbocycles. The van der Waals surface area contributed by atoms with Crippen LogP contribution in [0.5, 0.6) is 0 Å². The Morgan fingerprint density at radius 3 is 2.79 bits per heavy atom. The third-order valence-corrected chi connectivity index (χ3v) is 3.23. The van der Waals surface area contributed by atoms with E-state index >= 15 is 0 Å². The zero-order valence-corrected chi connectivity index (χ0v) is 12.1. The molecule has 0 aliphatic rings. The van der Waals surface area contributed by atoms with Crippen molar-refractivity contribution in [3.63, 3.8) is 0 Å². The van der Waals surface area contributed by atoms with Gasteiger partial charge in [-0.3, -0.25) is 0 Å². The quantitative estimate of drug-likeness (QED) is 0.910. The molecule has 0 radical (unpaired) electrons. The number of nitrogens with one attached hydrogen (secondary N) is 1. The normalized spacial score (nSPS) is 12.6. The summed E-state index contributed by atoms with van der Waals surface area (Å²) in [6.45, 7) is 5.03. The lowest BCUT2D eigenvalue weighted by atomic mass is 9.98. The van der Waals surface area contributed by atoms with Crippen LogP contribution >= 0.6 is 11.6 Å². The van der Waals surface area contributed by atoms with Crippen molar-refractivity contribution in [2.24, 2.45) is 7.05 Å². The van der Waals surface area contributed by atoms with Gasteiger partial charge in [-0.2, -0.15) is 4.80 Å². The Morgan fingerprint density at radius 1 is 1.42 bits per heavy atom. The molecule has 2 aromatic rings. The van der Waals surface area contributed by atoms with Gasteiger partial charge in [0.05, 0.1) is 7.05 Å². The van der Waals surface area contributed by atoms with Gasteiger partial charge in [0.25, 0.3) is 0 Å². The summed E-state index contributed by atoms with van der Waals surface area (Å²) >= 11 is 6.00. The van der Waals surface area contributed by atoms with Crippen molar-refractivity contribution >= 4 is 11.6 Å². The molecule has 6 heteroatoms. The summed E-state index contributed by atoms with van der Waals surface area (Å²) in [4.78, 5) is 1.48. The summed E-state index contributed by atoms with van der Waals surface area (Å²) in [5.41, 5.74) is 2.39. The van der Waals surface area contributed by atoms with Crippen molar-refractivity contribution in [2.75, 3.05) is 6.54 Å². The van der Waals surface area contributed by atoms with E-state index in [2.05, 4.69) is 40.6 Å². The first-order valence-electron chi connectivity index (χ1n) is 6.32. The predicted molar refractivity (Wildman–Crippen MR) is 75.1 cm³/mol. The second kappa shape index (κ2) is 6.12. The molecule has 1 heterocycles. The SMILES string of the molecule is CCNC(Cc1nnn(C)n1)c1ccc(Cl)cc1C. The smallest absolute Gasteiger partial charge is 0.176 e. The monoisotopic (exact) mass is 279 g/mol. The number of benzene rings is 1. The maximum absolute atomic E-state index is 6.00. The summed E-state index contributed by atoms with van der Waals surface area (Å²) in [5, 5.41) is 16.4. The second-order valence-corrected chi connectivity index (χ2v) is 4.95. The van der Waals surface area contributed by atoms with E-state index in [0.717, 1.165) is 17.4 Å². The van der Waals surface area contributed by atoms with Gasteiger partial charge in [0.2, 0.25) is 0 Å². The van der Waals surface area contributed by atoms with E-state index in [1.165, 1.54) is 15.9 Å². The molecule has 0 aliphatic heterocycles. The number of halogens is 1. The van der Waals surface area contributed by atoms with Gasteiger partial charge < -0.3 is 5.32 Å². The van der Waals surface area contributed by atoms with Crippen LogP contribution in [0.4, 0.5) is 0 Å². The molecular formula is C13H18ClN5. The third kappa shape index (κ3) is 3.52. The standard InChI is InChI=1S/C13H18ClN5/c1-4-15-12(8-13-16-18-19(3)17-13)11-6-5-10(14)7-9(11)2/h5-7,12,15H,4,8H2,1-3H3. The van der Waals surface area contributed by atoms with Crippen molar-refractivity contribution < 1.29 is 0 Å². The van der Waals surface area contributed by atoms with Crippen LogP contribution in [-0.2, 0) is 13.5 Å². The van der Waals surface area contributed by atoms with Crippen molar-refractivity contribution in [2.45, 2.75) is 26.3 Å². The number of tetrazole rings is 1. The van der Waals surface area contributed by atoms with Crippen LogP contribution in [-0.4, -0.2) is 26.8 Å². The number of likely N-dealkylation sites (N-methyl/N-ethyl adjacent to an activating group) is 1. The van der Waals surface area contributed by atoms with Crippen LogP contribution in [0, 0.1) is 6.92 Å². The fraction of sp³-hybridized carbons (Fsp3) is 0.462. The molecule has 0 fully saturated rings. The first-order valence-corrected chi connectivity index (χ1v) is 6.70. The molecule has 0 amide bonds. The van der Waals surface area contributed by atoms with Crippen molar-refractivity contribution in [3.8, 4) is 0 Å². The number of aromatic nitrogens is 4. The average Bonchev–Trinajstić information content (AvgIpc) is 2.74. The Kier molecular flexibility index (Phi) is 4.50. The van der Waals surface area contributed by atoms with E-state index in [-0.39, 0.29) is 6.04 Å². The fourth-order valence-corrected chi connectivity index (χ4v) is 2.38. The predicted octanol–water partition coefficient (Wildman–Crippen LogP) is 2.07. The fourth-order valence-electron chi connectivity index (χ4n) is 2.16. The molecule has 5 nitrogen and oxygen atoms in total. The number of rotatable bonds is 5. The van der Waals surface area contributed by atoms with Crippen LogP contribution in [0.15, 0.2) is 18.2 Å². The van der Waals surface area contributed by atoms with Gasteiger partial charge >= 0.3 is 0 Å². The highest BCUT2D eigenvalue weighted by molar-refractivity contribution is 6.30. The number of nitrogens with zero attached hydrogens (tertiary/aromatic N) is 4. The highest BCUT2D eigenvalue weighted by atomic mass is 35.5. The van der Waals surface area contributed by atoms with Gasteiger partial charge in [-0.25, -0.2) is 0 Å². The van der Waals surface area contributed by atoms with E-state index in [4.69, 9.17) is 11.6 Å². The lowest BCUT2D eigenvalue weighted by Gasteiger charge is -2.19.